The van der Waals surface area contributed by atoms with Crippen LogP contribution < -0.4 is 9.64 Å². The molecule has 0 radical (unpaired) electrons. The Kier molecular flexibility index (Phi) is 8.77. The zero-order valence-electron chi connectivity index (χ0n) is 18.4. The molecule has 2 aromatic rings. The first-order valence-electron chi connectivity index (χ1n) is 10.4. The zero-order chi connectivity index (χ0) is 23.2. The molecule has 0 aliphatic rings. The maximum atomic E-state index is 12.6. The van der Waals surface area contributed by atoms with Gasteiger partial charge in [0.15, 0.2) is 15.6 Å². The van der Waals surface area contributed by atoms with E-state index in [-0.39, 0.29) is 16.2 Å². The fraction of sp³-hybridized carbons (Fsp3) is 0.435. The largest absolute Gasteiger partial charge is 0.478 e. The fourth-order valence-electron chi connectivity index (χ4n) is 3.17. The van der Waals surface area contributed by atoms with Crippen LogP contribution in [0.1, 0.15) is 55.5 Å². The number of hydrogen-bond donors (Lipinski definition) is 1. The van der Waals surface area contributed by atoms with Crippen molar-refractivity contribution in [3.8, 4) is 11.5 Å². The highest BCUT2D eigenvalue weighted by Gasteiger charge is 2.26. The molecule has 31 heavy (non-hydrogen) atoms. The molecule has 8 heteroatoms. The van der Waals surface area contributed by atoms with Gasteiger partial charge in [0.1, 0.15) is 10.6 Å². The molecule has 0 saturated heterocycles. The molecule has 0 saturated carbocycles. The van der Waals surface area contributed by atoms with Crippen LogP contribution >= 0.6 is 11.6 Å². The summed E-state index contributed by atoms with van der Waals surface area (Å²) in [5.41, 5.74) is 1.24. The Morgan fingerprint density at radius 2 is 1.71 bits per heavy atom. The molecule has 6 nitrogen and oxygen atoms in total. The quantitative estimate of drug-likeness (QED) is 0.439. The zero-order valence-corrected chi connectivity index (χ0v) is 20.0. The molecule has 0 amide bonds. The number of aryl methyl sites for hydroxylation is 1. The second-order valence-electron chi connectivity index (χ2n) is 7.63. The summed E-state index contributed by atoms with van der Waals surface area (Å²) >= 11 is 6.31. The highest BCUT2D eigenvalue weighted by molar-refractivity contribution is 7.90. The van der Waals surface area contributed by atoms with Crippen molar-refractivity contribution in [1.82, 2.24) is 0 Å². The van der Waals surface area contributed by atoms with E-state index in [2.05, 4.69) is 13.8 Å². The number of rotatable bonds is 11. The standard InChI is InChI=1S/C23H30ClNO5S/c1-5-7-11-25(12-8-6-2)19-14-17(23(26)27)15-21(31(4,28)29)22(19)30-20-13-16(3)9-10-18(20)24/h9-10,13-15H,5-8,11-12H2,1-4H3,(H,26,27). The van der Waals surface area contributed by atoms with Crippen molar-refractivity contribution >= 4 is 33.1 Å². The molecule has 0 bridgehead atoms. The minimum atomic E-state index is -3.79. The van der Waals surface area contributed by atoms with E-state index < -0.39 is 15.8 Å². The van der Waals surface area contributed by atoms with Crippen LogP contribution in [0.2, 0.25) is 5.02 Å². The van der Waals surface area contributed by atoms with Gasteiger partial charge in [-0.2, -0.15) is 0 Å². The number of hydrogen-bond acceptors (Lipinski definition) is 5. The van der Waals surface area contributed by atoms with Crippen molar-refractivity contribution in [2.45, 2.75) is 51.3 Å². The Labute approximate surface area is 189 Å². The number of ether oxygens (including phenoxy) is 1. The molecule has 2 rings (SSSR count). The number of sulfone groups is 1. The average molecular weight is 468 g/mol. The number of nitrogens with zero attached hydrogens (tertiary/aromatic N) is 1. The highest BCUT2D eigenvalue weighted by atomic mass is 35.5. The van der Waals surface area contributed by atoms with Gasteiger partial charge in [0.05, 0.1) is 16.3 Å². The van der Waals surface area contributed by atoms with Gasteiger partial charge < -0.3 is 14.7 Å². The van der Waals surface area contributed by atoms with Crippen LogP contribution in [0.5, 0.6) is 11.5 Å². The van der Waals surface area contributed by atoms with Crippen LogP contribution in [0, 0.1) is 6.92 Å². The molecule has 0 spiro atoms. The molecular weight excluding hydrogens is 438 g/mol. The smallest absolute Gasteiger partial charge is 0.335 e. The molecular formula is C23H30ClNO5S. The summed E-state index contributed by atoms with van der Waals surface area (Å²) in [6.07, 6.45) is 4.69. The SMILES string of the molecule is CCCCN(CCCC)c1cc(C(=O)O)cc(S(C)(=O)=O)c1Oc1cc(C)ccc1Cl. The van der Waals surface area contributed by atoms with Gasteiger partial charge >= 0.3 is 5.97 Å². The predicted octanol–water partition coefficient (Wildman–Crippen LogP) is 5.95. The molecule has 170 valence electrons. The summed E-state index contributed by atoms with van der Waals surface area (Å²) in [6, 6.07) is 7.88. The van der Waals surface area contributed by atoms with E-state index in [9.17, 15) is 18.3 Å². The Morgan fingerprint density at radius 1 is 1.10 bits per heavy atom. The Hall–Kier alpha value is -2.25. The minimum Gasteiger partial charge on any atom is -0.478 e. The fourth-order valence-corrected chi connectivity index (χ4v) is 4.15. The van der Waals surface area contributed by atoms with E-state index in [1.165, 1.54) is 6.07 Å². The van der Waals surface area contributed by atoms with E-state index in [4.69, 9.17) is 16.3 Å². The molecule has 2 aromatic carbocycles. The summed E-state index contributed by atoms with van der Waals surface area (Å²) in [6.45, 7) is 7.32. The minimum absolute atomic E-state index is 0.101. The monoisotopic (exact) mass is 467 g/mol. The Morgan fingerprint density at radius 3 is 2.23 bits per heavy atom. The van der Waals surface area contributed by atoms with Gasteiger partial charge in [-0.1, -0.05) is 44.4 Å². The van der Waals surface area contributed by atoms with Crippen molar-refractivity contribution in [2.75, 3.05) is 24.2 Å². The van der Waals surface area contributed by atoms with E-state index in [0.29, 0.717) is 29.5 Å². The maximum Gasteiger partial charge on any atom is 0.335 e. The first-order chi connectivity index (χ1) is 14.6. The van der Waals surface area contributed by atoms with E-state index >= 15 is 0 Å². The summed E-state index contributed by atoms with van der Waals surface area (Å²) in [7, 11) is -3.79. The second kappa shape index (κ2) is 10.9. The predicted molar refractivity (Wildman–Crippen MR) is 125 cm³/mol. The molecule has 0 fully saturated rings. The average Bonchev–Trinajstić information content (AvgIpc) is 2.70. The molecule has 1 N–H and O–H groups in total. The van der Waals surface area contributed by atoms with Crippen molar-refractivity contribution in [3.63, 3.8) is 0 Å². The summed E-state index contributed by atoms with van der Waals surface area (Å²) in [5.74, 6) is -0.772. The molecule has 0 aliphatic carbocycles. The van der Waals surface area contributed by atoms with Crippen LogP contribution in [0.15, 0.2) is 35.2 Å². The molecule has 0 unspecified atom stereocenters. The van der Waals surface area contributed by atoms with Gasteiger partial charge in [-0.15, -0.1) is 0 Å². The number of carboxylic acid groups (broad SMARTS) is 1. The lowest BCUT2D eigenvalue weighted by molar-refractivity contribution is 0.0696. The molecule has 0 heterocycles. The maximum absolute atomic E-state index is 12.6. The topological polar surface area (TPSA) is 83.9 Å². The molecule has 0 aromatic heterocycles. The summed E-state index contributed by atoms with van der Waals surface area (Å²) in [4.78, 5) is 13.6. The van der Waals surface area contributed by atoms with Gasteiger partial charge in [-0.05, 0) is 49.6 Å². The van der Waals surface area contributed by atoms with Crippen LogP contribution in [-0.4, -0.2) is 38.8 Å². The lowest BCUT2D eigenvalue weighted by atomic mass is 10.1. The third kappa shape index (κ3) is 6.61. The lowest BCUT2D eigenvalue weighted by Gasteiger charge is -2.28. The van der Waals surface area contributed by atoms with Crippen molar-refractivity contribution in [2.24, 2.45) is 0 Å². The van der Waals surface area contributed by atoms with Crippen LogP contribution in [0.3, 0.4) is 0 Å². The van der Waals surface area contributed by atoms with E-state index in [1.807, 2.05) is 17.9 Å². The van der Waals surface area contributed by atoms with Crippen LogP contribution in [0.25, 0.3) is 0 Å². The van der Waals surface area contributed by atoms with E-state index in [1.54, 1.807) is 12.1 Å². The summed E-state index contributed by atoms with van der Waals surface area (Å²) < 4.78 is 31.4. The first kappa shape index (κ1) is 25.0. The van der Waals surface area contributed by atoms with Crippen molar-refractivity contribution < 1.29 is 23.1 Å². The molecule has 0 aliphatic heterocycles. The molecule has 0 atom stereocenters. The number of halogens is 1. The second-order valence-corrected chi connectivity index (χ2v) is 10.0. The Balaban J connectivity index is 2.78. The first-order valence-corrected chi connectivity index (χ1v) is 12.7. The van der Waals surface area contributed by atoms with Gasteiger partial charge in [0.25, 0.3) is 0 Å². The number of aromatic carboxylic acids is 1. The van der Waals surface area contributed by atoms with E-state index in [0.717, 1.165) is 43.6 Å². The van der Waals surface area contributed by atoms with Gasteiger partial charge in [-0.25, -0.2) is 13.2 Å². The number of benzene rings is 2. The highest BCUT2D eigenvalue weighted by Crippen LogP contribution is 2.42. The van der Waals surface area contributed by atoms with Gasteiger partial charge in [-0.3, -0.25) is 0 Å². The van der Waals surface area contributed by atoms with Crippen molar-refractivity contribution in [3.05, 3.63) is 46.5 Å². The normalized spacial score (nSPS) is 11.4. The van der Waals surface area contributed by atoms with Crippen molar-refractivity contribution in [1.29, 1.82) is 0 Å². The van der Waals surface area contributed by atoms with Crippen LogP contribution in [-0.2, 0) is 9.84 Å². The van der Waals surface area contributed by atoms with Gasteiger partial charge in [0, 0.05) is 19.3 Å². The van der Waals surface area contributed by atoms with Gasteiger partial charge in [0.2, 0.25) is 0 Å². The Bertz CT molecular complexity index is 1030. The lowest BCUT2D eigenvalue weighted by Crippen LogP contribution is -2.27. The van der Waals surface area contributed by atoms with Crippen LogP contribution in [0.4, 0.5) is 5.69 Å². The third-order valence-corrected chi connectivity index (χ3v) is 6.30. The third-order valence-electron chi connectivity index (χ3n) is 4.88. The summed E-state index contributed by atoms with van der Waals surface area (Å²) in [5, 5.41) is 9.96. The number of anilines is 1. The number of carbonyl (C=O) groups is 1. The number of carboxylic acids is 1. The number of unbranched alkanes of at least 4 members (excludes halogenated alkanes) is 2.